The van der Waals surface area contributed by atoms with Crippen molar-refractivity contribution in [1.29, 1.82) is 0 Å². The first-order valence-electron chi connectivity index (χ1n) is 7.21. The monoisotopic (exact) mass is 354 g/mol. The summed E-state index contributed by atoms with van der Waals surface area (Å²) in [5, 5.41) is 10.8. The van der Waals surface area contributed by atoms with Crippen LogP contribution in [-0.4, -0.2) is 52.5 Å². The van der Waals surface area contributed by atoms with E-state index in [1.165, 1.54) is 6.26 Å². The zero-order chi connectivity index (χ0) is 17.2. The van der Waals surface area contributed by atoms with E-state index >= 15 is 0 Å². The summed E-state index contributed by atoms with van der Waals surface area (Å²) in [7, 11) is -3.10. The second-order valence-corrected chi connectivity index (χ2v) is 11.2. The van der Waals surface area contributed by atoms with Gasteiger partial charge in [-0.05, 0) is 46.5 Å². The van der Waals surface area contributed by atoms with Crippen LogP contribution < -0.4 is 10.0 Å². The van der Waals surface area contributed by atoms with Gasteiger partial charge in [0, 0.05) is 24.2 Å². The van der Waals surface area contributed by atoms with E-state index in [0.717, 1.165) is 0 Å². The summed E-state index contributed by atoms with van der Waals surface area (Å²) >= 11 is -1.35. The predicted octanol–water partition coefficient (Wildman–Crippen LogP) is 1.03. The van der Waals surface area contributed by atoms with E-state index in [4.69, 9.17) is 5.11 Å². The minimum absolute atomic E-state index is 0.112. The van der Waals surface area contributed by atoms with E-state index in [1.807, 2.05) is 20.8 Å². The van der Waals surface area contributed by atoms with Crippen molar-refractivity contribution in [3.63, 3.8) is 0 Å². The van der Waals surface area contributed by atoms with Crippen LogP contribution in [0.1, 0.15) is 46.5 Å². The third-order valence-corrected chi connectivity index (χ3v) is 7.35. The van der Waals surface area contributed by atoms with Crippen LogP contribution in [0.2, 0.25) is 0 Å². The lowest BCUT2D eigenvalue weighted by Crippen LogP contribution is -2.60. The summed E-state index contributed by atoms with van der Waals surface area (Å²) < 4.78 is 38.2. The van der Waals surface area contributed by atoms with Gasteiger partial charge in [-0.2, -0.15) is 0 Å². The molecule has 1 amide bonds. The maximum absolute atomic E-state index is 12.4. The number of carboxylic acid groups (broad SMARTS) is 1. The van der Waals surface area contributed by atoms with Crippen molar-refractivity contribution < 1.29 is 22.9 Å². The summed E-state index contributed by atoms with van der Waals surface area (Å²) in [6.07, 6.45) is 1.89. The second kappa shape index (κ2) is 6.94. The first-order chi connectivity index (χ1) is 9.86. The van der Waals surface area contributed by atoms with Gasteiger partial charge in [0.2, 0.25) is 0 Å². The van der Waals surface area contributed by atoms with Crippen LogP contribution in [0.15, 0.2) is 0 Å². The Morgan fingerprint density at radius 3 is 2.23 bits per heavy atom. The fourth-order valence-corrected chi connectivity index (χ4v) is 4.55. The highest BCUT2D eigenvalue weighted by atomic mass is 32.2. The van der Waals surface area contributed by atoms with Gasteiger partial charge in [0.05, 0.1) is 10.8 Å². The molecule has 1 aliphatic rings. The first kappa shape index (κ1) is 19.5. The Hall–Kier alpha value is -0.510. The van der Waals surface area contributed by atoms with Gasteiger partial charge in [-0.3, -0.25) is 0 Å². The predicted molar refractivity (Wildman–Crippen MR) is 86.9 cm³/mol. The van der Waals surface area contributed by atoms with E-state index in [1.54, 1.807) is 0 Å². The van der Waals surface area contributed by atoms with E-state index in [9.17, 15) is 17.8 Å². The molecular weight excluding hydrogens is 328 g/mol. The quantitative estimate of drug-likeness (QED) is 0.635. The van der Waals surface area contributed by atoms with Gasteiger partial charge >= 0.3 is 6.09 Å². The fraction of sp³-hybridized carbons (Fsp3) is 0.923. The molecule has 0 heterocycles. The second-order valence-electron chi connectivity index (χ2n) is 6.95. The number of hydrogen-bond acceptors (Lipinski definition) is 5. The number of nitrogens with one attached hydrogen (secondary N) is 2. The van der Waals surface area contributed by atoms with Crippen molar-refractivity contribution in [2.45, 2.75) is 62.0 Å². The molecule has 1 saturated carbocycles. The standard InChI is InChI=1S/C13H26N2O5S2/c1-12(2,3)21(18)15-13(9-14-11(16)17)7-5-10(6-8-13)22(4,19)20/h10,14-15H,5-9H2,1-4H3,(H,16,17)/t10?,13?,21-/m0/s1. The zero-order valence-electron chi connectivity index (χ0n) is 13.5. The fourth-order valence-electron chi connectivity index (χ4n) is 2.48. The Kier molecular flexibility index (Phi) is 6.16. The zero-order valence-corrected chi connectivity index (χ0v) is 15.1. The van der Waals surface area contributed by atoms with Gasteiger partial charge in [0.1, 0.15) is 14.6 Å². The summed E-state index contributed by atoms with van der Waals surface area (Å²) in [6.45, 7) is 5.60. The van der Waals surface area contributed by atoms with Crippen LogP contribution in [0.25, 0.3) is 0 Å². The van der Waals surface area contributed by atoms with E-state index in [2.05, 4.69) is 10.0 Å². The Labute approximate surface area is 135 Å². The highest BCUT2D eigenvalue weighted by Gasteiger charge is 2.43. The number of amides is 1. The van der Waals surface area contributed by atoms with Gasteiger partial charge in [-0.15, -0.1) is 4.72 Å². The lowest BCUT2D eigenvalue weighted by atomic mass is 9.82. The van der Waals surface area contributed by atoms with Crippen molar-refractivity contribution in [2.75, 3.05) is 12.8 Å². The topological polar surface area (TPSA) is 119 Å². The van der Waals surface area contributed by atoms with Crippen molar-refractivity contribution in [3.8, 4) is 0 Å². The molecule has 1 aliphatic carbocycles. The van der Waals surface area contributed by atoms with Crippen molar-refractivity contribution in [1.82, 2.24) is 10.0 Å². The molecule has 0 radical (unpaired) electrons. The van der Waals surface area contributed by atoms with Crippen LogP contribution in [0.3, 0.4) is 0 Å². The lowest BCUT2D eigenvalue weighted by molar-refractivity contribution is 0.184. The molecule has 0 unspecified atom stereocenters. The van der Waals surface area contributed by atoms with Gasteiger partial charge < -0.3 is 15.0 Å². The Bertz CT molecular complexity index is 493. The molecule has 0 saturated heterocycles. The largest absolute Gasteiger partial charge is 0.598 e. The minimum atomic E-state index is -3.10. The summed E-state index contributed by atoms with van der Waals surface area (Å²) in [5.41, 5.74) is -0.669. The molecule has 1 atom stereocenters. The minimum Gasteiger partial charge on any atom is -0.598 e. The molecule has 0 spiro atoms. The lowest BCUT2D eigenvalue weighted by Gasteiger charge is -2.41. The summed E-state index contributed by atoms with van der Waals surface area (Å²) in [4.78, 5) is 10.8. The number of sulfone groups is 1. The van der Waals surface area contributed by atoms with Crippen LogP contribution in [0, 0.1) is 0 Å². The number of hydrogen-bond donors (Lipinski definition) is 3. The maximum Gasteiger partial charge on any atom is 0.404 e. The molecule has 130 valence electrons. The smallest absolute Gasteiger partial charge is 0.404 e. The first-order valence-corrected chi connectivity index (χ1v) is 10.3. The van der Waals surface area contributed by atoms with E-state index in [0.29, 0.717) is 25.7 Å². The van der Waals surface area contributed by atoms with E-state index in [-0.39, 0.29) is 6.54 Å². The summed E-state index contributed by atoms with van der Waals surface area (Å²) in [6, 6.07) is 0. The third-order valence-electron chi connectivity index (χ3n) is 3.94. The van der Waals surface area contributed by atoms with Crippen molar-refractivity contribution >= 4 is 27.3 Å². The van der Waals surface area contributed by atoms with E-state index < -0.39 is 42.8 Å². The maximum atomic E-state index is 12.4. The van der Waals surface area contributed by atoms with Crippen LogP contribution in [0.4, 0.5) is 4.79 Å². The third kappa shape index (κ3) is 5.60. The molecule has 7 nitrogen and oxygen atoms in total. The Balaban J connectivity index is 2.84. The Morgan fingerprint density at radius 2 is 1.86 bits per heavy atom. The molecule has 1 fully saturated rings. The molecule has 0 aromatic heterocycles. The SMILES string of the molecule is CC(C)(C)[S@+]([O-])NC1(CNC(=O)O)CCC(S(C)(=O)=O)CC1. The molecular formula is C13H26N2O5S2. The molecule has 22 heavy (non-hydrogen) atoms. The molecule has 1 rings (SSSR count). The molecule has 0 aromatic rings. The molecule has 0 aliphatic heterocycles. The average Bonchev–Trinajstić information content (AvgIpc) is 2.35. The number of carbonyl (C=O) groups is 1. The van der Waals surface area contributed by atoms with Crippen molar-refractivity contribution in [3.05, 3.63) is 0 Å². The van der Waals surface area contributed by atoms with Gasteiger partial charge in [0.15, 0.2) is 0 Å². The highest BCUT2D eigenvalue weighted by Crippen LogP contribution is 2.33. The van der Waals surface area contributed by atoms with Gasteiger partial charge in [-0.25, -0.2) is 13.2 Å². The van der Waals surface area contributed by atoms with Gasteiger partial charge in [0.25, 0.3) is 0 Å². The molecule has 9 heteroatoms. The average molecular weight is 354 g/mol. The molecule has 0 aromatic carbocycles. The van der Waals surface area contributed by atoms with Crippen LogP contribution >= 0.6 is 0 Å². The molecule has 3 N–H and O–H groups in total. The molecule has 0 bridgehead atoms. The normalized spacial score (nSPS) is 28.1. The summed E-state index contributed by atoms with van der Waals surface area (Å²) in [5.74, 6) is 0. The highest BCUT2D eigenvalue weighted by molar-refractivity contribution is 7.91. The Morgan fingerprint density at radius 1 is 1.36 bits per heavy atom. The van der Waals surface area contributed by atoms with Crippen LogP contribution in [-0.2, 0) is 21.2 Å². The van der Waals surface area contributed by atoms with Crippen molar-refractivity contribution in [2.24, 2.45) is 0 Å². The van der Waals surface area contributed by atoms with Gasteiger partial charge in [-0.1, -0.05) is 0 Å². The van der Waals surface area contributed by atoms with Crippen LogP contribution in [0.5, 0.6) is 0 Å². The number of rotatable bonds is 5.